The molecule has 1 aromatic carbocycles. The molecular formula is C18H28N2O4. The van der Waals surface area contributed by atoms with Gasteiger partial charge in [0.1, 0.15) is 5.75 Å². The van der Waals surface area contributed by atoms with Crippen LogP contribution in [0.15, 0.2) is 12.1 Å². The van der Waals surface area contributed by atoms with E-state index in [1.165, 1.54) is 0 Å². The highest BCUT2D eigenvalue weighted by molar-refractivity contribution is 5.80. The highest BCUT2D eigenvalue weighted by Gasteiger charge is 2.37. The average molecular weight is 336 g/mol. The molecule has 6 nitrogen and oxygen atoms in total. The number of nitrogens with one attached hydrogen (secondary N) is 1. The maximum Gasteiger partial charge on any atom is 0.225 e. The van der Waals surface area contributed by atoms with Crippen LogP contribution < -0.4 is 25.3 Å². The Bertz CT molecular complexity index is 587. The summed E-state index contributed by atoms with van der Waals surface area (Å²) in [5.74, 6) is 1.68. The van der Waals surface area contributed by atoms with Crippen molar-refractivity contribution in [2.24, 2.45) is 11.7 Å². The lowest BCUT2D eigenvalue weighted by atomic mass is 9.74. The first-order valence-electron chi connectivity index (χ1n) is 8.28. The van der Waals surface area contributed by atoms with Gasteiger partial charge in [0.05, 0.1) is 27.2 Å². The molecule has 2 atom stereocenters. The van der Waals surface area contributed by atoms with Gasteiger partial charge in [0.15, 0.2) is 11.5 Å². The number of carbonyl (C=O) groups excluding carboxylic acids is 1. The fraction of sp³-hybridized carbons (Fsp3) is 0.611. The Morgan fingerprint density at radius 2 is 1.79 bits per heavy atom. The highest BCUT2D eigenvalue weighted by Crippen LogP contribution is 2.35. The third-order valence-corrected chi connectivity index (χ3v) is 4.81. The molecule has 2 unspecified atom stereocenters. The Kier molecular flexibility index (Phi) is 5.94. The van der Waals surface area contributed by atoms with E-state index in [9.17, 15) is 4.79 Å². The van der Waals surface area contributed by atoms with Crippen molar-refractivity contribution in [2.45, 2.75) is 44.7 Å². The lowest BCUT2D eigenvalue weighted by Crippen LogP contribution is -2.52. The Labute approximate surface area is 143 Å². The molecule has 1 amide bonds. The number of methoxy groups -OCH3 is 3. The SMILES string of the molecule is COc1cc(OC)c(OC)cc1CNC(=O)C1CCCCC1(C)N. The Hall–Kier alpha value is -1.95. The molecule has 0 aliphatic heterocycles. The zero-order valence-corrected chi connectivity index (χ0v) is 15.0. The Balaban J connectivity index is 2.12. The van der Waals surface area contributed by atoms with Crippen molar-refractivity contribution in [3.63, 3.8) is 0 Å². The summed E-state index contributed by atoms with van der Waals surface area (Å²) in [6.07, 6.45) is 3.84. The van der Waals surface area contributed by atoms with E-state index in [0.717, 1.165) is 31.2 Å². The normalized spacial score (nSPS) is 23.5. The third kappa shape index (κ3) is 3.93. The van der Waals surface area contributed by atoms with Gasteiger partial charge in [0.25, 0.3) is 0 Å². The van der Waals surface area contributed by atoms with Gasteiger partial charge in [-0.15, -0.1) is 0 Å². The second kappa shape index (κ2) is 7.75. The maximum absolute atomic E-state index is 12.6. The van der Waals surface area contributed by atoms with Crippen LogP contribution in [0.5, 0.6) is 17.2 Å². The average Bonchev–Trinajstić information content (AvgIpc) is 2.58. The predicted octanol–water partition coefficient (Wildman–Crippen LogP) is 2.24. The molecule has 0 aromatic heterocycles. The van der Waals surface area contributed by atoms with E-state index in [1.54, 1.807) is 27.4 Å². The summed E-state index contributed by atoms with van der Waals surface area (Å²) in [5, 5.41) is 2.99. The first kappa shape index (κ1) is 18.4. The van der Waals surface area contributed by atoms with Crippen molar-refractivity contribution in [3.8, 4) is 17.2 Å². The number of nitrogens with two attached hydrogens (primary N) is 1. The minimum atomic E-state index is -0.440. The second-order valence-corrected chi connectivity index (χ2v) is 6.54. The zero-order valence-electron chi connectivity index (χ0n) is 15.0. The van der Waals surface area contributed by atoms with Crippen LogP contribution in [0, 0.1) is 5.92 Å². The van der Waals surface area contributed by atoms with E-state index < -0.39 is 5.54 Å². The first-order chi connectivity index (χ1) is 11.4. The van der Waals surface area contributed by atoms with E-state index in [1.807, 2.05) is 13.0 Å². The van der Waals surface area contributed by atoms with Gasteiger partial charge < -0.3 is 25.3 Å². The van der Waals surface area contributed by atoms with Crippen LogP contribution in [0.25, 0.3) is 0 Å². The third-order valence-electron chi connectivity index (χ3n) is 4.81. The summed E-state index contributed by atoms with van der Waals surface area (Å²) in [4.78, 5) is 12.6. The lowest BCUT2D eigenvalue weighted by molar-refractivity contribution is -0.128. The number of carbonyl (C=O) groups is 1. The van der Waals surface area contributed by atoms with Gasteiger partial charge in [-0.3, -0.25) is 4.79 Å². The lowest BCUT2D eigenvalue weighted by Gasteiger charge is -2.37. The minimum absolute atomic E-state index is 0.00321. The molecule has 0 spiro atoms. The molecule has 2 rings (SSSR count). The van der Waals surface area contributed by atoms with Gasteiger partial charge in [0.2, 0.25) is 5.91 Å². The van der Waals surface area contributed by atoms with Gasteiger partial charge in [-0.05, 0) is 25.8 Å². The minimum Gasteiger partial charge on any atom is -0.496 e. The van der Waals surface area contributed by atoms with E-state index in [0.29, 0.717) is 23.8 Å². The van der Waals surface area contributed by atoms with E-state index in [4.69, 9.17) is 19.9 Å². The van der Waals surface area contributed by atoms with Crippen molar-refractivity contribution < 1.29 is 19.0 Å². The van der Waals surface area contributed by atoms with E-state index >= 15 is 0 Å². The molecular weight excluding hydrogens is 308 g/mol. The summed E-state index contributed by atoms with van der Waals surface area (Å²) < 4.78 is 16.0. The molecule has 1 aromatic rings. The van der Waals surface area contributed by atoms with Crippen LogP contribution in [-0.2, 0) is 11.3 Å². The number of amides is 1. The summed E-state index contributed by atoms with van der Waals surface area (Å²) in [6, 6.07) is 3.58. The van der Waals surface area contributed by atoms with Crippen LogP contribution in [0.3, 0.4) is 0 Å². The molecule has 6 heteroatoms. The molecule has 1 aliphatic rings. The number of benzene rings is 1. The van der Waals surface area contributed by atoms with Crippen molar-refractivity contribution in [1.82, 2.24) is 5.32 Å². The van der Waals surface area contributed by atoms with Gasteiger partial charge in [0, 0.05) is 23.7 Å². The van der Waals surface area contributed by atoms with E-state index in [-0.39, 0.29) is 11.8 Å². The Morgan fingerprint density at radius 1 is 1.17 bits per heavy atom. The van der Waals surface area contributed by atoms with Gasteiger partial charge >= 0.3 is 0 Å². The Morgan fingerprint density at radius 3 is 2.38 bits per heavy atom. The number of hydrogen-bond donors (Lipinski definition) is 2. The van der Waals surface area contributed by atoms with Crippen molar-refractivity contribution >= 4 is 5.91 Å². The van der Waals surface area contributed by atoms with Crippen LogP contribution in [0.1, 0.15) is 38.2 Å². The molecule has 1 aliphatic carbocycles. The fourth-order valence-corrected chi connectivity index (χ4v) is 3.33. The zero-order chi connectivity index (χ0) is 17.7. The molecule has 0 radical (unpaired) electrons. The summed E-state index contributed by atoms with van der Waals surface area (Å²) >= 11 is 0. The molecule has 134 valence electrons. The molecule has 3 N–H and O–H groups in total. The number of ether oxygens (including phenoxy) is 3. The molecule has 0 heterocycles. The largest absolute Gasteiger partial charge is 0.496 e. The van der Waals surface area contributed by atoms with Gasteiger partial charge in [-0.1, -0.05) is 12.8 Å². The monoisotopic (exact) mass is 336 g/mol. The molecule has 0 bridgehead atoms. The first-order valence-corrected chi connectivity index (χ1v) is 8.28. The van der Waals surface area contributed by atoms with Crippen molar-refractivity contribution in [3.05, 3.63) is 17.7 Å². The van der Waals surface area contributed by atoms with Gasteiger partial charge in [-0.2, -0.15) is 0 Å². The molecule has 1 fully saturated rings. The maximum atomic E-state index is 12.6. The van der Waals surface area contributed by atoms with Crippen LogP contribution in [0.2, 0.25) is 0 Å². The summed E-state index contributed by atoms with van der Waals surface area (Å²) in [6.45, 7) is 2.32. The van der Waals surface area contributed by atoms with Crippen molar-refractivity contribution in [2.75, 3.05) is 21.3 Å². The van der Waals surface area contributed by atoms with Crippen LogP contribution in [-0.4, -0.2) is 32.8 Å². The second-order valence-electron chi connectivity index (χ2n) is 6.54. The quantitative estimate of drug-likeness (QED) is 0.832. The van der Waals surface area contributed by atoms with Crippen LogP contribution in [0.4, 0.5) is 0 Å². The topological polar surface area (TPSA) is 82.8 Å². The van der Waals surface area contributed by atoms with Gasteiger partial charge in [-0.25, -0.2) is 0 Å². The summed E-state index contributed by atoms with van der Waals surface area (Å²) in [5.41, 5.74) is 6.70. The molecule has 0 saturated heterocycles. The smallest absolute Gasteiger partial charge is 0.225 e. The predicted molar refractivity (Wildman–Crippen MR) is 92.5 cm³/mol. The fourth-order valence-electron chi connectivity index (χ4n) is 3.33. The number of rotatable bonds is 6. The molecule has 1 saturated carbocycles. The molecule has 24 heavy (non-hydrogen) atoms. The highest BCUT2D eigenvalue weighted by atomic mass is 16.5. The van der Waals surface area contributed by atoms with Crippen molar-refractivity contribution in [1.29, 1.82) is 0 Å². The summed E-state index contributed by atoms with van der Waals surface area (Å²) in [7, 11) is 4.74. The standard InChI is InChI=1S/C18H28N2O4/c1-18(19)8-6-5-7-13(18)17(21)20-11-12-9-15(23-3)16(24-4)10-14(12)22-2/h9-10,13H,5-8,11,19H2,1-4H3,(H,20,21). The van der Waals surface area contributed by atoms with Crippen LogP contribution >= 0.6 is 0 Å². The van der Waals surface area contributed by atoms with E-state index in [2.05, 4.69) is 5.32 Å². The number of hydrogen-bond acceptors (Lipinski definition) is 5.